The molecule has 1 aliphatic rings. The Kier molecular flexibility index (Phi) is 7.30. The first-order chi connectivity index (χ1) is 14.1. The number of fused-ring (bicyclic) bond motifs is 1. The van der Waals surface area contributed by atoms with Crippen molar-refractivity contribution in [1.82, 2.24) is 10.6 Å². The van der Waals surface area contributed by atoms with Gasteiger partial charge in [0, 0.05) is 20.1 Å². The number of nitrogens with one attached hydrogen (secondary N) is 2. The third-order valence-electron chi connectivity index (χ3n) is 4.49. The highest BCUT2D eigenvalue weighted by molar-refractivity contribution is 6.32. The van der Waals surface area contributed by atoms with Crippen LogP contribution in [0.2, 0.25) is 5.02 Å². The Hall–Kier alpha value is -2.80. The zero-order chi connectivity index (χ0) is 20.6. The van der Waals surface area contributed by atoms with Gasteiger partial charge >= 0.3 is 0 Å². The molecule has 2 aromatic carbocycles. The molecule has 0 fully saturated rings. The van der Waals surface area contributed by atoms with Gasteiger partial charge in [0.15, 0.2) is 29.0 Å². The van der Waals surface area contributed by atoms with Crippen LogP contribution in [0.25, 0.3) is 0 Å². The molecule has 29 heavy (non-hydrogen) atoms. The highest BCUT2D eigenvalue weighted by atomic mass is 35.5. The fourth-order valence-corrected chi connectivity index (χ4v) is 3.32. The van der Waals surface area contributed by atoms with E-state index in [-0.39, 0.29) is 0 Å². The third-order valence-corrected chi connectivity index (χ3v) is 4.78. The number of aliphatic imine (C=N–C) groups is 1. The molecule has 8 heteroatoms. The van der Waals surface area contributed by atoms with Gasteiger partial charge in [-0.25, -0.2) is 0 Å². The number of nitrogens with zero attached hydrogens (tertiary/aromatic N) is 1. The molecule has 0 bridgehead atoms. The summed E-state index contributed by atoms with van der Waals surface area (Å²) < 4.78 is 21.8. The van der Waals surface area contributed by atoms with Gasteiger partial charge in [-0.15, -0.1) is 0 Å². The average Bonchev–Trinajstić information content (AvgIpc) is 2.76. The van der Waals surface area contributed by atoms with Crippen molar-refractivity contribution in [2.24, 2.45) is 4.99 Å². The zero-order valence-electron chi connectivity index (χ0n) is 16.9. The smallest absolute Gasteiger partial charge is 0.191 e. The lowest BCUT2D eigenvalue weighted by atomic mass is 10.1. The molecule has 7 nitrogen and oxygen atoms in total. The Morgan fingerprint density at radius 2 is 1.83 bits per heavy atom. The van der Waals surface area contributed by atoms with Crippen molar-refractivity contribution < 1.29 is 18.9 Å². The van der Waals surface area contributed by atoms with E-state index in [1.54, 1.807) is 21.3 Å². The summed E-state index contributed by atoms with van der Waals surface area (Å²) in [6.07, 6.45) is 0.816. The van der Waals surface area contributed by atoms with Crippen molar-refractivity contribution in [2.45, 2.75) is 13.0 Å². The summed E-state index contributed by atoms with van der Waals surface area (Å²) in [6, 6.07) is 9.72. The summed E-state index contributed by atoms with van der Waals surface area (Å²) in [4.78, 5) is 4.27. The van der Waals surface area contributed by atoms with E-state index < -0.39 is 0 Å². The summed E-state index contributed by atoms with van der Waals surface area (Å²) in [5, 5.41) is 7.15. The van der Waals surface area contributed by atoms with Crippen LogP contribution in [-0.2, 0) is 13.0 Å². The van der Waals surface area contributed by atoms with Crippen molar-refractivity contribution in [3.63, 3.8) is 0 Å². The molecular weight excluding hydrogens is 394 g/mol. The molecule has 156 valence electrons. The van der Waals surface area contributed by atoms with Crippen LogP contribution < -0.4 is 29.6 Å². The summed E-state index contributed by atoms with van der Waals surface area (Å²) in [5.41, 5.74) is 2.13. The maximum absolute atomic E-state index is 6.30. The van der Waals surface area contributed by atoms with Crippen molar-refractivity contribution in [1.29, 1.82) is 0 Å². The molecule has 0 radical (unpaired) electrons. The number of halogens is 1. The van der Waals surface area contributed by atoms with Crippen LogP contribution >= 0.6 is 11.6 Å². The molecule has 0 amide bonds. The van der Waals surface area contributed by atoms with E-state index in [1.807, 2.05) is 30.3 Å². The Bertz CT molecular complexity index is 873. The minimum Gasteiger partial charge on any atom is -0.493 e. The predicted octanol–water partition coefficient (Wildman–Crippen LogP) is 3.04. The highest BCUT2D eigenvalue weighted by Crippen LogP contribution is 2.38. The molecule has 3 rings (SSSR count). The van der Waals surface area contributed by atoms with Crippen LogP contribution in [0.4, 0.5) is 0 Å². The maximum Gasteiger partial charge on any atom is 0.191 e. The van der Waals surface area contributed by atoms with Crippen molar-refractivity contribution in [2.75, 3.05) is 41.0 Å². The van der Waals surface area contributed by atoms with Gasteiger partial charge in [-0.3, -0.25) is 4.99 Å². The van der Waals surface area contributed by atoms with Gasteiger partial charge in [0.1, 0.15) is 13.2 Å². The largest absolute Gasteiger partial charge is 0.493 e. The molecule has 0 atom stereocenters. The number of hydrogen-bond donors (Lipinski definition) is 2. The minimum atomic E-state index is 0.515. The summed E-state index contributed by atoms with van der Waals surface area (Å²) in [5.74, 6) is 3.44. The van der Waals surface area contributed by atoms with Crippen molar-refractivity contribution in [3.8, 4) is 23.0 Å². The van der Waals surface area contributed by atoms with Crippen LogP contribution in [0.5, 0.6) is 23.0 Å². The normalized spacial score (nSPS) is 13.0. The molecular formula is C21H26ClN3O4. The molecule has 2 N–H and O–H groups in total. The van der Waals surface area contributed by atoms with Gasteiger partial charge in [-0.05, 0) is 41.8 Å². The molecule has 0 spiro atoms. The molecule has 1 heterocycles. The number of hydrogen-bond acceptors (Lipinski definition) is 5. The first-order valence-electron chi connectivity index (χ1n) is 9.38. The Morgan fingerprint density at radius 3 is 2.59 bits per heavy atom. The standard InChI is InChI=1S/C21H26ClN3O4/c1-23-21(24-7-6-14-4-5-17(26-2)18(11-14)27-3)25-13-15-10-16(22)20-19(12-15)28-8-9-29-20/h4-5,10-12H,6-9,13H2,1-3H3,(H2,23,24,25). The van der Waals surface area contributed by atoms with Crippen molar-refractivity contribution in [3.05, 3.63) is 46.5 Å². The molecule has 2 aromatic rings. The van der Waals surface area contributed by atoms with E-state index in [1.165, 1.54) is 0 Å². The lowest BCUT2D eigenvalue weighted by Gasteiger charge is -2.20. The number of ether oxygens (including phenoxy) is 4. The summed E-state index contributed by atoms with van der Waals surface area (Å²) >= 11 is 6.30. The fourth-order valence-electron chi connectivity index (χ4n) is 3.03. The average molecular weight is 420 g/mol. The van der Waals surface area contributed by atoms with E-state index in [9.17, 15) is 0 Å². The Balaban J connectivity index is 1.52. The van der Waals surface area contributed by atoms with Gasteiger partial charge in [-0.1, -0.05) is 17.7 Å². The molecule has 1 aliphatic heterocycles. The van der Waals surface area contributed by atoms with E-state index in [4.69, 9.17) is 30.5 Å². The number of methoxy groups -OCH3 is 2. The van der Waals surface area contributed by atoms with Crippen molar-refractivity contribution >= 4 is 17.6 Å². The second-order valence-corrected chi connectivity index (χ2v) is 6.80. The molecule has 0 aliphatic carbocycles. The quantitative estimate of drug-likeness (QED) is 0.531. The number of guanidine groups is 1. The fraction of sp³-hybridized carbons (Fsp3) is 0.381. The van der Waals surface area contributed by atoms with E-state index >= 15 is 0 Å². The minimum absolute atomic E-state index is 0.515. The number of benzene rings is 2. The first-order valence-corrected chi connectivity index (χ1v) is 9.76. The molecule has 0 aromatic heterocycles. The molecule has 0 saturated heterocycles. The Morgan fingerprint density at radius 1 is 1.03 bits per heavy atom. The summed E-state index contributed by atoms with van der Waals surface area (Å²) in [6.45, 7) is 2.32. The van der Waals surface area contributed by atoms with Crippen LogP contribution in [-0.4, -0.2) is 47.0 Å². The highest BCUT2D eigenvalue weighted by Gasteiger charge is 2.16. The second kappa shape index (κ2) is 10.1. The summed E-state index contributed by atoms with van der Waals surface area (Å²) in [7, 11) is 5.00. The monoisotopic (exact) mass is 419 g/mol. The van der Waals surface area contributed by atoms with Gasteiger partial charge in [0.05, 0.1) is 19.2 Å². The SMILES string of the molecule is CN=C(NCCc1ccc(OC)c(OC)c1)NCc1cc(Cl)c2c(c1)OCCO2. The predicted molar refractivity (Wildman–Crippen MR) is 114 cm³/mol. The maximum atomic E-state index is 6.30. The lowest BCUT2D eigenvalue weighted by Crippen LogP contribution is -2.37. The van der Waals surface area contributed by atoms with Crippen LogP contribution in [0, 0.1) is 0 Å². The zero-order valence-corrected chi connectivity index (χ0v) is 17.6. The lowest BCUT2D eigenvalue weighted by molar-refractivity contribution is 0.171. The van der Waals surface area contributed by atoms with Gasteiger partial charge in [-0.2, -0.15) is 0 Å². The van der Waals surface area contributed by atoms with Crippen LogP contribution in [0.15, 0.2) is 35.3 Å². The Labute approximate surface area is 176 Å². The van der Waals surface area contributed by atoms with Crippen LogP contribution in [0.1, 0.15) is 11.1 Å². The first kappa shape index (κ1) is 20.9. The third kappa shape index (κ3) is 5.38. The van der Waals surface area contributed by atoms with E-state index in [0.29, 0.717) is 42.2 Å². The van der Waals surface area contributed by atoms with Gasteiger partial charge in [0.25, 0.3) is 0 Å². The van der Waals surface area contributed by atoms with E-state index in [2.05, 4.69) is 15.6 Å². The number of rotatable bonds is 7. The van der Waals surface area contributed by atoms with Gasteiger partial charge in [0.2, 0.25) is 0 Å². The topological polar surface area (TPSA) is 73.3 Å². The molecule has 0 saturated carbocycles. The van der Waals surface area contributed by atoms with Gasteiger partial charge < -0.3 is 29.6 Å². The second-order valence-electron chi connectivity index (χ2n) is 6.39. The van der Waals surface area contributed by atoms with E-state index in [0.717, 1.165) is 35.6 Å². The molecule has 0 unspecified atom stereocenters. The van der Waals surface area contributed by atoms with Crippen LogP contribution in [0.3, 0.4) is 0 Å².